The fourth-order valence-electron chi connectivity index (χ4n) is 4.27. The number of halogens is 4. The number of benzene rings is 3. The minimum atomic E-state index is -4.66. The molecule has 1 saturated heterocycles. The van der Waals surface area contributed by atoms with Crippen molar-refractivity contribution in [2.75, 3.05) is 30.5 Å². The van der Waals surface area contributed by atoms with E-state index in [9.17, 15) is 27.9 Å². The monoisotopic (exact) mass is 544 g/mol. The van der Waals surface area contributed by atoms with Crippen LogP contribution in [0.5, 0.6) is 5.75 Å². The highest BCUT2D eigenvalue weighted by atomic mass is 35.5. The van der Waals surface area contributed by atoms with Crippen molar-refractivity contribution in [2.45, 2.75) is 19.1 Å². The molecule has 38 heavy (non-hydrogen) atoms. The summed E-state index contributed by atoms with van der Waals surface area (Å²) in [6.45, 7) is 2.04. The Morgan fingerprint density at radius 1 is 1.05 bits per heavy atom. The fraction of sp³-hybridized carbons (Fsp3) is 0.214. The maximum absolute atomic E-state index is 13.5. The van der Waals surface area contributed by atoms with Gasteiger partial charge in [0.15, 0.2) is 0 Å². The molecule has 0 radical (unpaired) electrons. The van der Waals surface area contributed by atoms with Crippen LogP contribution in [-0.4, -0.2) is 37.5 Å². The molecule has 1 aliphatic heterocycles. The minimum absolute atomic E-state index is 0.131. The zero-order valence-corrected chi connectivity index (χ0v) is 21.5. The van der Waals surface area contributed by atoms with Crippen molar-refractivity contribution in [2.24, 2.45) is 0 Å². The molecule has 10 heteroatoms. The van der Waals surface area contributed by atoms with Crippen LogP contribution in [0, 0.1) is 0 Å². The molecule has 0 aliphatic carbocycles. The highest BCUT2D eigenvalue weighted by Crippen LogP contribution is 2.44. The van der Waals surface area contributed by atoms with Gasteiger partial charge < -0.3 is 14.7 Å². The molecule has 0 spiro atoms. The van der Waals surface area contributed by atoms with E-state index in [4.69, 9.17) is 16.3 Å². The molecule has 0 saturated carbocycles. The molecule has 1 fully saturated rings. The molecule has 0 bridgehead atoms. The second-order valence-electron chi connectivity index (χ2n) is 8.78. The van der Waals surface area contributed by atoms with Crippen molar-refractivity contribution >= 4 is 40.4 Å². The van der Waals surface area contributed by atoms with Crippen LogP contribution in [0.1, 0.15) is 29.7 Å². The largest absolute Gasteiger partial charge is 0.507 e. The number of Topliss-reactive ketones (excluding diaryl/α,β-unsaturated/α-hetero) is 1. The molecule has 3 aromatic carbocycles. The predicted molar refractivity (Wildman–Crippen MR) is 140 cm³/mol. The molecule has 1 N–H and O–H groups in total. The lowest BCUT2D eigenvalue weighted by atomic mass is 9.94. The van der Waals surface area contributed by atoms with Gasteiger partial charge in [-0.2, -0.15) is 13.2 Å². The predicted octanol–water partition coefficient (Wildman–Crippen LogP) is 6.45. The van der Waals surface area contributed by atoms with E-state index in [1.807, 2.05) is 19.0 Å². The molecule has 1 unspecified atom stereocenters. The Labute approximate surface area is 222 Å². The van der Waals surface area contributed by atoms with Gasteiger partial charge in [-0.25, -0.2) is 0 Å². The SMILES string of the molecule is CCOc1cc(/C(O)=C2\C(=O)C(=O)N(c3cccc(C(F)(F)F)c3)C2c2ccc(N(C)C)cc2)ccc1Cl. The van der Waals surface area contributed by atoms with Crippen molar-refractivity contribution in [1.29, 1.82) is 0 Å². The van der Waals surface area contributed by atoms with Gasteiger partial charge in [-0.05, 0) is 61.0 Å². The molecule has 1 heterocycles. The van der Waals surface area contributed by atoms with E-state index < -0.39 is 35.2 Å². The van der Waals surface area contributed by atoms with Crippen LogP contribution in [0.2, 0.25) is 5.02 Å². The number of carbonyl (C=O) groups is 2. The van der Waals surface area contributed by atoms with Crippen LogP contribution in [-0.2, 0) is 15.8 Å². The average Bonchev–Trinajstić information content (AvgIpc) is 3.15. The van der Waals surface area contributed by atoms with E-state index in [1.54, 1.807) is 31.2 Å². The normalized spacial score (nSPS) is 17.1. The number of rotatable bonds is 6. The number of carbonyl (C=O) groups excluding carboxylic acids is 2. The van der Waals surface area contributed by atoms with Gasteiger partial charge in [0.2, 0.25) is 0 Å². The molecule has 1 amide bonds. The molecule has 1 aliphatic rings. The number of nitrogens with zero attached hydrogens (tertiary/aromatic N) is 2. The third-order valence-corrected chi connectivity index (χ3v) is 6.44. The van der Waals surface area contributed by atoms with Gasteiger partial charge in [0.25, 0.3) is 11.7 Å². The van der Waals surface area contributed by atoms with Crippen LogP contribution in [0.25, 0.3) is 5.76 Å². The number of hydrogen-bond acceptors (Lipinski definition) is 5. The summed E-state index contributed by atoms with van der Waals surface area (Å²) >= 11 is 6.16. The smallest absolute Gasteiger partial charge is 0.416 e. The van der Waals surface area contributed by atoms with Crippen LogP contribution >= 0.6 is 11.6 Å². The molecule has 198 valence electrons. The Hall–Kier alpha value is -3.98. The summed E-state index contributed by atoms with van der Waals surface area (Å²) in [6.07, 6.45) is -4.66. The molecule has 1 atom stereocenters. The quantitative estimate of drug-likeness (QED) is 0.219. The molecular formula is C28H24ClF3N2O4. The van der Waals surface area contributed by atoms with Crippen LogP contribution in [0.15, 0.2) is 72.3 Å². The second kappa shape index (κ2) is 10.4. The summed E-state index contributed by atoms with van der Waals surface area (Å²) in [4.78, 5) is 29.4. The summed E-state index contributed by atoms with van der Waals surface area (Å²) in [5.74, 6) is -2.34. The number of ketones is 1. The summed E-state index contributed by atoms with van der Waals surface area (Å²) < 4.78 is 45.9. The maximum atomic E-state index is 13.5. The Morgan fingerprint density at radius 2 is 1.74 bits per heavy atom. The number of aliphatic hydroxyl groups excluding tert-OH is 1. The highest BCUT2D eigenvalue weighted by Gasteiger charge is 2.47. The summed E-state index contributed by atoms with van der Waals surface area (Å²) in [7, 11) is 3.67. The molecule has 4 rings (SSSR count). The second-order valence-corrected chi connectivity index (χ2v) is 9.19. The summed E-state index contributed by atoms with van der Waals surface area (Å²) in [6, 6.07) is 14.2. The first-order valence-corrected chi connectivity index (χ1v) is 12.0. The van der Waals surface area contributed by atoms with Gasteiger partial charge in [-0.3, -0.25) is 14.5 Å². The number of aliphatic hydroxyl groups is 1. The first-order chi connectivity index (χ1) is 17.9. The molecular weight excluding hydrogens is 521 g/mol. The minimum Gasteiger partial charge on any atom is -0.507 e. The van der Waals surface area contributed by atoms with Crippen LogP contribution in [0.3, 0.4) is 0 Å². The van der Waals surface area contributed by atoms with Crippen molar-refractivity contribution in [3.05, 3.63) is 94.0 Å². The number of alkyl halides is 3. The zero-order chi connectivity index (χ0) is 27.8. The van der Waals surface area contributed by atoms with Crippen molar-refractivity contribution in [3.63, 3.8) is 0 Å². The van der Waals surface area contributed by atoms with Gasteiger partial charge in [0, 0.05) is 31.0 Å². The van der Waals surface area contributed by atoms with Crippen molar-refractivity contribution in [1.82, 2.24) is 0 Å². The molecule has 3 aromatic rings. The average molecular weight is 545 g/mol. The van der Waals surface area contributed by atoms with Crippen LogP contribution in [0.4, 0.5) is 24.5 Å². The highest BCUT2D eigenvalue weighted by molar-refractivity contribution is 6.51. The number of amides is 1. The van der Waals surface area contributed by atoms with E-state index in [2.05, 4.69) is 0 Å². The Bertz CT molecular complexity index is 1420. The lowest BCUT2D eigenvalue weighted by Gasteiger charge is -2.26. The van der Waals surface area contributed by atoms with E-state index in [-0.39, 0.29) is 27.6 Å². The first kappa shape index (κ1) is 27.1. The topological polar surface area (TPSA) is 70.1 Å². The van der Waals surface area contributed by atoms with E-state index in [0.29, 0.717) is 12.2 Å². The maximum Gasteiger partial charge on any atom is 0.416 e. The Balaban J connectivity index is 1.94. The third kappa shape index (κ3) is 5.06. The summed E-state index contributed by atoms with van der Waals surface area (Å²) in [5, 5.41) is 11.6. The van der Waals surface area contributed by atoms with E-state index >= 15 is 0 Å². The van der Waals surface area contributed by atoms with Gasteiger partial charge >= 0.3 is 6.18 Å². The van der Waals surface area contributed by atoms with Crippen molar-refractivity contribution in [3.8, 4) is 5.75 Å². The summed E-state index contributed by atoms with van der Waals surface area (Å²) in [5.41, 5.74) is 0.0348. The van der Waals surface area contributed by atoms with Gasteiger partial charge in [0.1, 0.15) is 11.5 Å². The van der Waals surface area contributed by atoms with E-state index in [1.165, 1.54) is 24.3 Å². The Morgan fingerprint density at radius 3 is 2.34 bits per heavy atom. The molecule has 0 aromatic heterocycles. The number of ether oxygens (including phenoxy) is 1. The van der Waals surface area contributed by atoms with Gasteiger partial charge in [-0.1, -0.05) is 29.8 Å². The van der Waals surface area contributed by atoms with Crippen molar-refractivity contribution < 1.29 is 32.6 Å². The lowest BCUT2D eigenvalue weighted by Crippen LogP contribution is -2.29. The standard InChI is InChI=1S/C28H24ClF3N2O4/c1-4-38-22-14-17(10-13-21(22)29)25(35)23-24(16-8-11-19(12-9-16)33(2)3)34(27(37)26(23)36)20-7-5-6-18(15-20)28(30,31)32/h5-15,24,35H,4H2,1-3H3/b25-23+. The fourth-order valence-corrected chi connectivity index (χ4v) is 4.45. The van der Waals surface area contributed by atoms with E-state index in [0.717, 1.165) is 28.8 Å². The number of hydrogen-bond donors (Lipinski definition) is 1. The first-order valence-electron chi connectivity index (χ1n) is 11.6. The number of anilines is 2. The van der Waals surface area contributed by atoms with Gasteiger partial charge in [-0.15, -0.1) is 0 Å². The Kier molecular flexibility index (Phi) is 7.42. The van der Waals surface area contributed by atoms with Crippen LogP contribution < -0.4 is 14.5 Å². The lowest BCUT2D eigenvalue weighted by molar-refractivity contribution is -0.137. The zero-order valence-electron chi connectivity index (χ0n) is 20.7. The van der Waals surface area contributed by atoms with Gasteiger partial charge in [0.05, 0.1) is 28.8 Å². The third-order valence-electron chi connectivity index (χ3n) is 6.13. The molecule has 6 nitrogen and oxygen atoms in total.